The molecule has 33 heavy (non-hydrogen) atoms. The molecule has 1 aliphatic heterocycles. The molecular weight excluding hydrogens is 446 g/mol. The summed E-state index contributed by atoms with van der Waals surface area (Å²) in [6.07, 6.45) is -0.106. The summed E-state index contributed by atoms with van der Waals surface area (Å²) in [6.45, 7) is 3.86. The van der Waals surface area contributed by atoms with Gasteiger partial charge in [0.1, 0.15) is 16.6 Å². The third kappa shape index (κ3) is 4.94. The van der Waals surface area contributed by atoms with E-state index in [0.29, 0.717) is 30.7 Å². The van der Waals surface area contributed by atoms with Crippen molar-refractivity contribution >= 4 is 27.0 Å². The van der Waals surface area contributed by atoms with Crippen molar-refractivity contribution in [1.82, 2.24) is 4.90 Å². The van der Waals surface area contributed by atoms with Crippen molar-refractivity contribution in [2.24, 2.45) is 0 Å². The minimum absolute atomic E-state index is 0.0717. The van der Waals surface area contributed by atoms with Crippen LogP contribution in [-0.4, -0.2) is 48.2 Å². The van der Waals surface area contributed by atoms with Gasteiger partial charge in [0.05, 0.1) is 0 Å². The van der Waals surface area contributed by atoms with E-state index in [1.54, 1.807) is 25.1 Å². The number of nitrogens with zero attached hydrogens (tertiary/aromatic N) is 1. The molecule has 1 saturated heterocycles. The van der Waals surface area contributed by atoms with E-state index < -0.39 is 27.1 Å². The lowest BCUT2D eigenvalue weighted by molar-refractivity contribution is -0.138. The molecule has 4 rings (SSSR count). The van der Waals surface area contributed by atoms with Crippen LogP contribution in [0.4, 0.5) is 0 Å². The molecular formula is C24H25NO7S. The number of likely N-dealkylation sites (tertiary alicyclic amines) is 1. The number of hydrogen-bond acceptors (Lipinski definition) is 6. The maximum Gasteiger partial charge on any atom is 0.336 e. The third-order valence-corrected chi connectivity index (χ3v) is 7.15. The number of amides is 1. The maximum absolute atomic E-state index is 12.8. The second-order valence-electron chi connectivity index (χ2n) is 8.28. The summed E-state index contributed by atoms with van der Waals surface area (Å²) in [5.41, 5.74) is 2.54. The minimum atomic E-state index is -4.21. The largest absolute Gasteiger partial charge is 0.481 e. The summed E-state index contributed by atoms with van der Waals surface area (Å²) in [5, 5.41) is -0.250. The summed E-state index contributed by atoms with van der Waals surface area (Å²) in [4.78, 5) is 26.4. The highest BCUT2D eigenvalue weighted by Gasteiger charge is 2.33. The Hall–Kier alpha value is -3.17. The van der Waals surface area contributed by atoms with Crippen LogP contribution in [0.25, 0.3) is 22.1 Å². The fourth-order valence-electron chi connectivity index (χ4n) is 4.21. The highest BCUT2D eigenvalue weighted by Crippen LogP contribution is 2.31. The second-order valence-corrected chi connectivity index (χ2v) is 9.97. The lowest BCUT2D eigenvalue weighted by Gasteiger charge is -2.32. The molecule has 2 heterocycles. The molecule has 0 saturated carbocycles. The standard InChI is InChI=1S/C24H25NO7S/c1-15-6-3-4-8-19(15)21-13-23(26)32-22-12-17(9-10-20(21)22)31-16(2)24(27)25-11-5-7-18(14-25)33(28,29)30/h3-4,6,8-10,12-13,16,18H,5,7,11,14H2,1-2H3,(H,28,29,30). The first-order valence-corrected chi connectivity index (χ1v) is 12.2. The molecule has 9 heteroatoms. The Morgan fingerprint density at radius 3 is 2.67 bits per heavy atom. The molecule has 2 unspecified atom stereocenters. The zero-order valence-electron chi connectivity index (χ0n) is 18.4. The van der Waals surface area contributed by atoms with E-state index >= 15 is 0 Å². The summed E-state index contributed by atoms with van der Waals surface area (Å²) >= 11 is 0. The molecule has 1 aliphatic rings. The Labute approximate surface area is 191 Å². The molecule has 2 atom stereocenters. The number of carbonyl (C=O) groups is 1. The lowest BCUT2D eigenvalue weighted by Crippen LogP contribution is -2.49. The third-order valence-electron chi connectivity index (χ3n) is 5.92. The Balaban J connectivity index is 1.58. The van der Waals surface area contributed by atoms with Gasteiger partial charge in [0.2, 0.25) is 0 Å². The van der Waals surface area contributed by atoms with Crippen molar-refractivity contribution in [2.45, 2.75) is 38.0 Å². The Bertz CT molecular complexity index is 1360. The molecule has 0 aliphatic carbocycles. The molecule has 1 aromatic heterocycles. The van der Waals surface area contributed by atoms with Crippen LogP contribution in [0.1, 0.15) is 25.3 Å². The fourth-order valence-corrected chi connectivity index (χ4v) is 5.04. The van der Waals surface area contributed by atoms with Crippen molar-refractivity contribution in [2.75, 3.05) is 13.1 Å². The number of ether oxygens (including phenoxy) is 1. The van der Waals surface area contributed by atoms with E-state index in [9.17, 15) is 22.6 Å². The molecule has 1 amide bonds. The van der Waals surface area contributed by atoms with Crippen LogP contribution in [0, 0.1) is 6.92 Å². The monoisotopic (exact) mass is 471 g/mol. The molecule has 174 valence electrons. The number of benzene rings is 2. The average molecular weight is 472 g/mol. The van der Waals surface area contributed by atoms with Crippen molar-refractivity contribution in [3.8, 4) is 16.9 Å². The van der Waals surface area contributed by atoms with Crippen LogP contribution in [0.3, 0.4) is 0 Å². The first-order valence-electron chi connectivity index (χ1n) is 10.7. The highest BCUT2D eigenvalue weighted by molar-refractivity contribution is 7.86. The number of fused-ring (bicyclic) bond motifs is 1. The van der Waals surface area contributed by atoms with E-state index in [1.165, 1.54) is 11.0 Å². The van der Waals surface area contributed by atoms with Gasteiger partial charge in [-0.1, -0.05) is 24.3 Å². The van der Waals surface area contributed by atoms with Crippen LogP contribution in [0.5, 0.6) is 5.75 Å². The minimum Gasteiger partial charge on any atom is -0.481 e. The van der Waals surface area contributed by atoms with E-state index in [0.717, 1.165) is 22.1 Å². The van der Waals surface area contributed by atoms with Gasteiger partial charge in [-0.05, 0) is 49.9 Å². The molecule has 0 radical (unpaired) electrons. The Morgan fingerprint density at radius 1 is 1.18 bits per heavy atom. The van der Waals surface area contributed by atoms with E-state index in [1.807, 2.05) is 31.2 Å². The average Bonchev–Trinajstić information content (AvgIpc) is 2.77. The zero-order chi connectivity index (χ0) is 23.8. The molecule has 1 fully saturated rings. The van der Waals surface area contributed by atoms with Crippen molar-refractivity contribution in [3.05, 3.63) is 64.5 Å². The van der Waals surface area contributed by atoms with Gasteiger partial charge in [-0.2, -0.15) is 8.42 Å². The fraction of sp³-hybridized carbons (Fsp3) is 0.333. The van der Waals surface area contributed by atoms with Gasteiger partial charge < -0.3 is 14.1 Å². The number of carbonyl (C=O) groups excluding carboxylic acids is 1. The molecule has 0 spiro atoms. The van der Waals surface area contributed by atoms with Gasteiger partial charge >= 0.3 is 5.63 Å². The molecule has 8 nitrogen and oxygen atoms in total. The first kappa shape index (κ1) is 23.0. The lowest BCUT2D eigenvalue weighted by atomic mass is 9.98. The smallest absolute Gasteiger partial charge is 0.336 e. The number of hydrogen-bond donors (Lipinski definition) is 1. The van der Waals surface area contributed by atoms with Crippen LogP contribution in [0.15, 0.2) is 57.7 Å². The SMILES string of the molecule is Cc1ccccc1-c1cc(=O)oc2cc(OC(C)C(=O)N3CCCC(S(=O)(=O)O)C3)ccc12. The van der Waals surface area contributed by atoms with Crippen LogP contribution >= 0.6 is 0 Å². The highest BCUT2D eigenvalue weighted by atomic mass is 32.2. The number of rotatable bonds is 5. The van der Waals surface area contributed by atoms with Crippen molar-refractivity contribution < 1.29 is 26.9 Å². The van der Waals surface area contributed by atoms with Gasteiger partial charge in [-0.3, -0.25) is 9.35 Å². The number of piperidine rings is 1. The normalized spacial score (nSPS) is 17.7. The van der Waals surface area contributed by atoms with E-state index in [-0.39, 0.29) is 12.5 Å². The van der Waals surface area contributed by atoms with Crippen LogP contribution < -0.4 is 10.4 Å². The van der Waals surface area contributed by atoms with E-state index in [4.69, 9.17) is 9.15 Å². The molecule has 0 bridgehead atoms. The Morgan fingerprint density at radius 2 is 1.94 bits per heavy atom. The molecule has 1 N–H and O–H groups in total. The summed E-state index contributed by atoms with van der Waals surface area (Å²) in [5.74, 6) is -0.0321. The van der Waals surface area contributed by atoms with Crippen LogP contribution in [0.2, 0.25) is 0 Å². The topological polar surface area (TPSA) is 114 Å². The molecule has 3 aromatic rings. The van der Waals surface area contributed by atoms with Gasteiger partial charge in [-0.25, -0.2) is 4.79 Å². The number of aryl methyl sites for hydroxylation is 1. The summed E-state index contributed by atoms with van der Waals surface area (Å²) in [7, 11) is -4.21. The van der Waals surface area contributed by atoms with Gasteiger partial charge in [0.25, 0.3) is 16.0 Å². The zero-order valence-corrected chi connectivity index (χ0v) is 19.2. The predicted octanol–water partition coefficient (Wildman–Crippen LogP) is 3.41. The Kier molecular flexibility index (Phi) is 6.27. The van der Waals surface area contributed by atoms with Gasteiger partial charge in [-0.15, -0.1) is 0 Å². The van der Waals surface area contributed by atoms with Crippen LogP contribution in [-0.2, 0) is 14.9 Å². The van der Waals surface area contributed by atoms with Gasteiger partial charge in [0.15, 0.2) is 6.10 Å². The second kappa shape index (κ2) is 8.99. The van der Waals surface area contributed by atoms with Crippen molar-refractivity contribution in [3.63, 3.8) is 0 Å². The predicted molar refractivity (Wildman–Crippen MR) is 124 cm³/mol. The van der Waals surface area contributed by atoms with Gasteiger partial charge in [0, 0.05) is 36.2 Å². The molecule has 2 aromatic carbocycles. The summed E-state index contributed by atoms with van der Waals surface area (Å²) in [6, 6.07) is 14.2. The summed E-state index contributed by atoms with van der Waals surface area (Å²) < 4.78 is 43.5. The maximum atomic E-state index is 12.8. The first-order chi connectivity index (χ1) is 15.6. The van der Waals surface area contributed by atoms with E-state index in [2.05, 4.69) is 0 Å². The quantitative estimate of drug-likeness (QED) is 0.448. The van der Waals surface area contributed by atoms with Crippen molar-refractivity contribution in [1.29, 1.82) is 0 Å².